The minimum Gasteiger partial charge on any atom is -0.469 e. The van der Waals surface area contributed by atoms with Crippen molar-refractivity contribution in [3.63, 3.8) is 0 Å². The number of alkyl halides is 1. The van der Waals surface area contributed by atoms with E-state index in [1.54, 1.807) is 0 Å². The molecular formula is C12H19ClO2. The Bertz CT molecular complexity index is 242. The van der Waals surface area contributed by atoms with Gasteiger partial charge in [0.15, 0.2) is 0 Å². The van der Waals surface area contributed by atoms with Crippen LogP contribution in [0.15, 0.2) is 0 Å². The molecule has 2 aliphatic carbocycles. The third-order valence-electron chi connectivity index (χ3n) is 4.10. The van der Waals surface area contributed by atoms with Crippen LogP contribution in [0.2, 0.25) is 0 Å². The lowest BCUT2D eigenvalue weighted by atomic mass is 9.67. The lowest BCUT2D eigenvalue weighted by Crippen LogP contribution is -2.36. The molecule has 0 heterocycles. The van der Waals surface area contributed by atoms with Crippen molar-refractivity contribution in [3.8, 4) is 0 Å². The van der Waals surface area contributed by atoms with E-state index in [1.165, 1.54) is 20.0 Å². The quantitative estimate of drug-likeness (QED) is 0.511. The van der Waals surface area contributed by atoms with E-state index in [0.29, 0.717) is 17.2 Å². The molecule has 0 amide bonds. The van der Waals surface area contributed by atoms with Crippen molar-refractivity contribution in [2.75, 3.05) is 7.11 Å². The number of hydrogen-bond acceptors (Lipinski definition) is 2. The standard InChI is InChI=1S/C12H19ClO2/c1-15-12(14)9-5-6-10-8(7-9)3-2-4-11(10)13/h8-11H,2-7H2,1H3. The number of fused-ring (bicyclic) bond motifs is 1. The number of halogens is 1. The minimum atomic E-state index is -0.0230. The molecule has 0 aliphatic heterocycles. The molecule has 4 unspecified atom stereocenters. The highest BCUT2D eigenvalue weighted by Gasteiger charge is 2.39. The molecule has 0 radical (unpaired) electrons. The number of esters is 1. The smallest absolute Gasteiger partial charge is 0.308 e. The van der Waals surface area contributed by atoms with E-state index in [9.17, 15) is 4.79 Å². The van der Waals surface area contributed by atoms with Crippen LogP contribution in [0, 0.1) is 17.8 Å². The fraction of sp³-hybridized carbons (Fsp3) is 0.917. The molecule has 0 bridgehead atoms. The highest BCUT2D eigenvalue weighted by atomic mass is 35.5. The summed E-state index contributed by atoms with van der Waals surface area (Å²) in [6.07, 6.45) is 6.71. The first-order chi connectivity index (χ1) is 7.22. The maximum absolute atomic E-state index is 11.5. The molecule has 0 saturated heterocycles. The molecular weight excluding hydrogens is 212 g/mol. The van der Waals surface area contributed by atoms with E-state index >= 15 is 0 Å². The Balaban J connectivity index is 1.96. The summed E-state index contributed by atoms with van der Waals surface area (Å²) in [6, 6.07) is 0. The summed E-state index contributed by atoms with van der Waals surface area (Å²) < 4.78 is 4.82. The first-order valence-corrected chi connectivity index (χ1v) is 6.38. The molecule has 0 spiro atoms. The van der Waals surface area contributed by atoms with Crippen LogP contribution in [0.5, 0.6) is 0 Å². The van der Waals surface area contributed by atoms with Crippen molar-refractivity contribution in [1.82, 2.24) is 0 Å². The molecule has 3 heteroatoms. The average Bonchev–Trinajstić information content (AvgIpc) is 2.28. The topological polar surface area (TPSA) is 26.3 Å². The highest BCUT2D eigenvalue weighted by molar-refractivity contribution is 6.20. The van der Waals surface area contributed by atoms with Gasteiger partial charge in [0.2, 0.25) is 0 Å². The summed E-state index contributed by atoms with van der Waals surface area (Å²) in [7, 11) is 1.49. The number of carbonyl (C=O) groups excluding carboxylic acids is 1. The van der Waals surface area contributed by atoms with Gasteiger partial charge in [-0.2, -0.15) is 0 Å². The second-order valence-electron chi connectivity index (χ2n) is 4.90. The van der Waals surface area contributed by atoms with Crippen molar-refractivity contribution in [2.24, 2.45) is 17.8 Å². The van der Waals surface area contributed by atoms with Crippen LogP contribution in [0.3, 0.4) is 0 Å². The summed E-state index contributed by atoms with van der Waals surface area (Å²) in [5, 5.41) is 0.349. The fourth-order valence-electron chi connectivity index (χ4n) is 3.27. The molecule has 2 saturated carbocycles. The number of carbonyl (C=O) groups is 1. The first kappa shape index (κ1) is 11.3. The van der Waals surface area contributed by atoms with E-state index in [4.69, 9.17) is 16.3 Å². The molecule has 15 heavy (non-hydrogen) atoms. The van der Waals surface area contributed by atoms with Gasteiger partial charge in [0.1, 0.15) is 0 Å². The molecule has 2 nitrogen and oxygen atoms in total. The maximum Gasteiger partial charge on any atom is 0.308 e. The van der Waals surface area contributed by atoms with Crippen molar-refractivity contribution < 1.29 is 9.53 Å². The zero-order valence-electron chi connectivity index (χ0n) is 9.25. The molecule has 0 aromatic heterocycles. The van der Waals surface area contributed by atoms with E-state index in [0.717, 1.165) is 25.7 Å². The fourth-order valence-corrected chi connectivity index (χ4v) is 3.75. The first-order valence-electron chi connectivity index (χ1n) is 5.94. The van der Waals surface area contributed by atoms with Gasteiger partial charge < -0.3 is 4.74 Å². The van der Waals surface area contributed by atoms with Gasteiger partial charge in [-0.05, 0) is 37.5 Å². The van der Waals surface area contributed by atoms with Gasteiger partial charge in [0, 0.05) is 5.38 Å². The van der Waals surface area contributed by atoms with Crippen molar-refractivity contribution in [3.05, 3.63) is 0 Å². The predicted octanol–water partition coefficient (Wildman–Crippen LogP) is 2.98. The average molecular weight is 231 g/mol. The highest BCUT2D eigenvalue weighted by Crippen LogP contribution is 2.44. The monoisotopic (exact) mass is 230 g/mol. The van der Waals surface area contributed by atoms with E-state index in [1.807, 2.05) is 0 Å². The van der Waals surface area contributed by atoms with Crippen molar-refractivity contribution in [2.45, 2.75) is 43.9 Å². The van der Waals surface area contributed by atoms with Gasteiger partial charge >= 0.3 is 5.97 Å². The third kappa shape index (κ3) is 2.30. The third-order valence-corrected chi connectivity index (χ3v) is 4.64. The molecule has 0 N–H and O–H groups in total. The van der Waals surface area contributed by atoms with E-state index in [-0.39, 0.29) is 11.9 Å². The van der Waals surface area contributed by atoms with Crippen LogP contribution in [-0.2, 0) is 9.53 Å². The van der Waals surface area contributed by atoms with Crippen LogP contribution in [0.1, 0.15) is 38.5 Å². The van der Waals surface area contributed by atoms with Gasteiger partial charge in [0.25, 0.3) is 0 Å². The zero-order chi connectivity index (χ0) is 10.8. The van der Waals surface area contributed by atoms with Gasteiger partial charge in [-0.25, -0.2) is 0 Å². The largest absolute Gasteiger partial charge is 0.469 e. The number of ether oxygens (including phenoxy) is 1. The number of rotatable bonds is 1. The number of hydrogen-bond donors (Lipinski definition) is 0. The van der Waals surface area contributed by atoms with E-state index < -0.39 is 0 Å². The zero-order valence-corrected chi connectivity index (χ0v) is 10.0. The summed E-state index contributed by atoms with van der Waals surface area (Å²) in [4.78, 5) is 11.5. The lowest BCUT2D eigenvalue weighted by molar-refractivity contribution is -0.147. The van der Waals surface area contributed by atoms with Crippen LogP contribution in [0.4, 0.5) is 0 Å². The Morgan fingerprint density at radius 1 is 1.27 bits per heavy atom. The second kappa shape index (κ2) is 4.73. The Hall–Kier alpha value is -0.240. The van der Waals surface area contributed by atoms with Crippen molar-refractivity contribution in [1.29, 1.82) is 0 Å². The Morgan fingerprint density at radius 2 is 2.07 bits per heavy atom. The molecule has 2 fully saturated rings. The summed E-state index contributed by atoms with van der Waals surface area (Å²) in [6.45, 7) is 0. The molecule has 86 valence electrons. The van der Waals surface area contributed by atoms with Crippen LogP contribution in [-0.4, -0.2) is 18.5 Å². The predicted molar refractivity (Wildman–Crippen MR) is 59.8 cm³/mol. The van der Waals surface area contributed by atoms with Gasteiger partial charge in [-0.1, -0.05) is 12.8 Å². The Labute approximate surface area is 96.3 Å². The van der Waals surface area contributed by atoms with Gasteiger partial charge in [0.05, 0.1) is 13.0 Å². The summed E-state index contributed by atoms with van der Waals surface area (Å²) >= 11 is 6.34. The summed E-state index contributed by atoms with van der Waals surface area (Å²) in [5.74, 6) is 1.43. The maximum atomic E-state index is 11.5. The van der Waals surface area contributed by atoms with Crippen molar-refractivity contribution >= 4 is 17.6 Å². The molecule has 2 rings (SSSR count). The minimum absolute atomic E-state index is 0.0230. The van der Waals surface area contributed by atoms with E-state index in [2.05, 4.69) is 0 Å². The second-order valence-corrected chi connectivity index (χ2v) is 5.46. The van der Waals surface area contributed by atoms with Crippen LogP contribution < -0.4 is 0 Å². The van der Waals surface area contributed by atoms with Gasteiger partial charge in [-0.15, -0.1) is 11.6 Å². The molecule has 4 atom stereocenters. The van der Waals surface area contributed by atoms with Crippen LogP contribution in [0.25, 0.3) is 0 Å². The summed E-state index contributed by atoms with van der Waals surface area (Å²) in [5.41, 5.74) is 0. The SMILES string of the molecule is COC(=O)C1CCC2C(Cl)CCCC2C1. The Kier molecular flexibility index (Phi) is 3.55. The molecule has 2 aliphatic rings. The van der Waals surface area contributed by atoms with Gasteiger partial charge in [-0.3, -0.25) is 4.79 Å². The van der Waals surface area contributed by atoms with Crippen LogP contribution >= 0.6 is 11.6 Å². The lowest BCUT2D eigenvalue weighted by Gasteiger charge is -2.41. The normalized spacial score (nSPS) is 40.7. The molecule has 0 aromatic rings. The Morgan fingerprint density at radius 3 is 2.80 bits per heavy atom. The number of methoxy groups -OCH3 is 1. The molecule has 0 aromatic carbocycles.